The van der Waals surface area contributed by atoms with Crippen molar-refractivity contribution in [1.29, 1.82) is 0 Å². The zero-order chi connectivity index (χ0) is 24.1. The van der Waals surface area contributed by atoms with E-state index in [9.17, 15) is 13.2 Å². The Morgan fingerprint density at radius 1 is 1.18 bits per heavy atom. The highest BCUT2D eigenvalue weighted by molar-refractivity contribution is 7.90. The molecule has 0 amide bonds. The molecule has 3 heterocycles. The van der Waals surface area contributed by atoms with Gasteiger partial charge < -0.3 is 14.7 Å². The Bertz CT molecular complexity index is 1300. The summed E-state index contributed by atoms with van der Waals surface area (Å²) in [5, 5.41) is 10.2. The second kappa shape index (κ2) is 10.6. The van der Waals surface area contributed by atoms with Gasteiger partial charge in [0, 0.05) is 41.8 Å². The molecule has 0 aliphatic carbocycles. The number of aliphatic carboxylic acids is 1. The number of carbonyl (C=O) groups is 1. The van der Waals surface area contributed by atoms with Gasteiger partial charge in [-0.25, -0.2) is 17.4 Å². The molecule has 1 aliphatic rings. The largest absolute Gasteiger partial charge is 0.481 e. The van der Waals surface area contributed by atoms with Crippen molar-refractivity contribution >= 4 is 50.4 Å². The van der Waals surface area contributed by atoms with Gasteiger partial charge >= 0.3 is 5.97 Å². The van der Waals surface area contributed by atoms with Crippen molar-refractivity contribution in [2.24, 2.45) is 0 Å². The Balaban J connectivity index is 1.52. The third kappa shape index (κ3) is 5.78. The van der Waals surface area contributed by atoms with Crippen LogP contribution in [-0.4, -0.2) is 60.5 Å². The first-order valence-corrected chi connectivity index (χ1v) is 13.0. The van der Waals surface area contributed by atoms with Crippen molar-refractivity contribution < 1.29 is 23.1 Å². The fraction of sp³-hybridized carbons (Fsp3) is 0.333. The average Bonchev–Trinajstić information content (AvgIpc) is 3.18. The number of nitrogens with zero attached hydrogens (tertiary/aromatic N) is 3. The SMILES string of the molecule is O=C(O)CCCc1cc2cc(Cl)ccc2n1S(=O)(=O)CC=Cc1ccc(N2CCOCC2)nc1. The highest BCUT2D eigenvalue weighted by Crippen LogP contribution is 2.27. The zero-order valence-electron chi connectivity index (χ0n) is 18.6. The van der Waals surface area contributed by atoms with Gasteiger partial charge in [0.15, 0.2) is 0 Å². The number of rotatable bonds is 9. The minimum absolute atomic E-state index is 0.0321. The highest BCUT2D eigenvalue weighted by atomic mass is 35.5. The van der Waals surface area contributed by atoms with E-state index in [2.05, 4.69) is 9.88 Å². The Hall–Kier alpha value is -2.88. The summed E-state index contributed by atoms with van der Waals surface area (Å²) in [4.78, 5) is 17.5. The predicted molar refractivity (Wildman–Crippen MR) is 133 cm³/mol. The van der Waals surface area contributed by atoms with Crippen LogP contribution in [0.5, 0.6) is 0 Å². The Morgan fingerprint density at radius 2 is 1.97 bits per heavy atom. The summed E-state index contributed by atoms with van der Waals surface area (Å²) in [5.74, 6) is -0.252. The average molecular weight is 504 g/mol. The fourth-order valence-corrected chi connectivity index (χ4v) is 5.63. The van der Waals surface area contributed by atoms with Crippen LogP contribution in [0.15, 0.2) is 48.7 Å². The summed E-state index contributed by atoms with van der Waals surface area (Å²) in [6, 6.07) is 10.6. The molecule has 0 radical (unpaired) electrons. The lowest BCUT2D eigenvalue weighted by molar-refractivity contribution is -0.137. The number of anilines is 1. The molecule has 0 bridgehead atoms. The van der Waals surface area contributed by atoms with Crippen LogP contribution in [0.1, 0.15) is 24.1 Å². The molecule has 1 aliphatic heterocycles. The van der Waals surface area contributed by atoms with Gasteiger partial charge in [0.1, 0.15) is 5.82 Å². The normalized spacial score (nSPS) is 14.8. The van der Waals surface area contributed by atoms with Gasteiger partial charge in [0.05, 0.1) is 24.5 Å². The maximum absolute atomic E-state index is 13.3. The highest BCUT2D eigenvalue weighted by Gasteiger charge is 2.20. The quantitative estimate of drug-likeness (QED) is 0.473. The molecule has 0 spiro atoms. The summed E-state index contributed by atoms with van der Waals surface area (Å²) in [6.45, 7) is 2.95. The third-order valence-electron chi connectivity index (χ3n) is 5.62. The number of morpholine rings is 1. The number of ether oxygens (including phenoxy) is 1. The molecule has 8 nitrogen and oxygen atoms in total. The van der Waals surface area contributed by atoms with Crippen LogP contribution in [0.25, 0.3) is 17.0 Å². The number of pyridine rings is 1. The number of hydrogen-bond donors (Lipinski definition) is 1. The second-order valence-electron chi connectivity index (χ2n) is 8.08. The number of carboxylic acids is 1. The molecule has 34 heavy (non-hydrogen) atoms. The number of aryl methyl sites for hydroxylation is 1. The summed E-state index contributed by atoms with van der Waals surface area (Å²) in [7, 11) is -3.74. The Kier molecular flexibility index (Phi) is 7.55. The van der Waals surface area contributed by atoms with Crippen LogP contribution < -0.4 is 4.90 Å². The number of benzene rings is 1. The molecule has 1 saturated heterocycles. The van der Waals surface area contributed by atoms with Crippen molar-refractivity contribution in [2.45, 2.75) is 19.3 Å². The van der Waals surface area contributed by atoms with Crippen molar-refractivity contribution in [2.75, 3.05) is 37.0 Å². The van der Waals surface area contributed by atoms with E-state index in [1.54, 1.807) is 42.6 Å². The maximum Gasteiger partial charge on any atom is 0.303 e. The third-order valence-corrected chi connectivity index (χ3v) is 7.45. The van der Waals surface area contributed by atoms with E-state index in [0.29, 0.717) is 47.7 Å². The van der Waals surface area contributed by atoms with Crippen LogP contribution in [0.3, 0.4) is 0 Å². The number of fused-ring (bicyclic) bond motifs is 1. The van der Waals surface area contributed by atoms with Crippen LogP contribution in [0, 0.1) is 0 Å². The van der Waals surface area contributed by atoms with E-state index in [0.717, 1.165) is 24.5 Å². The Morgan fingerprint density at radius 3 is 2.68 bits per heavy atom. The molecule has 3 aromatic rings. The monoisotopic (exact) mass is 503 g/mol. The van der Waals surface area contributed by atoms with Crippen molar-refractivity contribution in [1.82, 2.24) is 8.96 Å². The van der Waals surface area contributed by atoms with Crippen LogP contribution in [0.4, 0.5) is 5.82 Å². The van der Waals surface area contributed by atoms with Crippen LogP contribution in [0.2, 0.25) is 5.02 Å². The van der Waals surface area contributed by atoms with Gasteiger partial charge in [0.25, 0.3) is 0 Å². The van der Waals surface area contributed by atoms with Gasteiger partial charge in [-0.3, -0.25) is 4.79 Å². The molecule has 2 aromatic heterocycles. The minimum atomic E-state index is -3.74. The standard InChI is InChI=1S/C24H26ClN3O5S/c25-20-7-8-22-19(15-20)16-21(4-1-5-24(29)30)28(22)34(31,32)14-2-3-18-6-9-23(26-17-18)27-10-12-33-13-11-27/h2-3,6-9,15-17H,1,4-5,10-14H2,(H,29,30). The van der Waals surface area contributed by atoms with Crippen molar-refractivity contribution in [3.8, 4) is 0 Å². The van der Waals surface area contributed by atoms with E-state index in [4.69, 9.17) is 21.4 Å². The van der Waals surface area contributed by atoms with E-state index in [1.165, 1.54) is 3.97 Å². The minimum Gasteiger partial charge on any atom is -0.481 e. The van der Waals surface area contributed by atoms with Gasteiger partial charge in [-0.1, -0.05) is 23.8 Å². The second-order valence-corrected chi connectivity index (χ2v) is 10.4. The lowest BCUT2D eigenvalue weighted by Crippen LogP contribution is -2.36. The lowest BCUT2D eigenvalue weighted by atomic mass is 10.2. The first-order valence-electron chi connectivity index (χ1n) is 11.0. The van der Waals surface area contributed by atoms with Crippen molar-refractivity contribution in [3.05, 3.63) is 65.0 Å². The van der Waals surface area contributed by atoms with Crippen LogP contribution >= 0.6 is 11.6 Å². The van der Waals surface area contributed by atoms with E-state index < -0.39 is 16.0 Å². The predicted octanol–water partition coefficient (Wildman–Crippen LogP) is 3.82. The lowest BCUT2D eigenvalue weighted by Gasteiger charge is -2.27. The molecule has 10 heteroatoms. The fourth-order valence-electron chi connectivity index (χ4n) is 4.00. The molecule has 0 saturated carbocycles. The summed E-state index contributed by atoms with van der Waals surface area (Å²) >= 11 is 6.09. The zero-order valence-corrected chi connectivity index (χ0v) is 20.1. The summed E-state index contributed by atoms with van der Waals surface area (Å²) < 4.78 is 33.2. The van der Waals surface area contributed by atoms with Gasteiger partial charge in [-0.05, 0) is 54.8 Å². The molecule has 4 rings (SSSR count). The first kappa shape index (κ1) is 24.3. The molecule has 0 unspecified atom stereocenters. The molecule has 1 N–H and O–H groups in total. The van der Waals surface area contributed by atoms with E-state index in [1.807, 2.05) is 12.1 Å². The molecule has 180 valence electrons. The van der Waals surface area contributed by atoms with Gasteiger partial charge in [-0.2, -0.15) is 0 Å². The molecular weight excluding hydrogens is 478 g/mol. The molecule has 0 atom stereocenters. The van der Waals surface area contributed by atoms with E-state index in [-0.39, 0.29) is 12.2 Å². The summed E-state index contributed by atoms with van der Waals surface area (Å²) in [5.41, 5.74) is 1.88. The maximum atomic E-state index is 13.3. The van der Waals surface area contributed by atoms with Gasteiger partial charge in [0.2, 0.25) is 10.0 Å². The number of aromatic nitrogens is 2. The van der Waals surface area contributed by atoms with Crippen molar-refractivity contribution in [3.63, 3.8) is 0 Å². The molecular formula is C24H26ClN3O5S. The Labute approximate surface area is 203 Å². The topological polar surface area (TPSA) is 102 Å². The molecule has 1 fully saturated rings. The van der Waals surface area contributed by atoms with Gasteiger partial charge in [-0.15, -0.1) is 0 Å². The first-order chi connectivity index (χ1) is 16.3. The number of halogens is 1. The molecule has 1 aromatic carbocycles. The number of carboxylic acid groups (broad SMARTS) is 1. The smallest absolute Gasteiger partial charge is 0.303 e. The number of hydrogen-bond acceptors (Lipinski definition) is 6. The van der Waals surface area contributed by atoms with E-state index >= 15 is 0 Å². The summed E-state index contributed by atoms with van der Waals surface area (Å²) in [6.07, 6.45) is 5.69. The van der Waals surface area contributed by atoms with Crippen LogP contribution in [-0.2, 0) is 26.0 Å².